The Morgan fingerprint density at radius 3 is 2.69 bits per heavy atom. The van der Waals surface area contributed by atoms with Gasteiger partial charge < -0.3 is 5.11 Å². The molecule has 1 aliphatic carbocycles. The molecule has 0 aliphatic heterocycles. The summed E-state index contributed by atoms with van der Waals surface area (Å²) in [5.74, 6) is -0.689. The number of hydrogen-bond donors (Lipinski definition) is 1. The monoisotopic (exact) mass is 182 g/mol. The second-order valence-corrected chi connectivity index (χ2v) is 3.70. The Kier molecular flexibility index (Phi) is 4.00. The Labute approximate surface area is 79.6 Å². The SMILES string of the molecule is CCCCC1=C(C(=O)O)CCCC1. The Bertz CT molecular complexity index is 216. The molecule has 0 aromatic carbocycles. The second-order valence-electron chi connectivity index (χ2n) is 3.70. The summed E-state index contributed by atoms with van der Waals surface area (Å²) in [6.45, 7) is 2.14. The highest BCUT2D eigenvalue weighted by Crippen LogP contribution is 2.28. The average Bonchev–Trinajstić information content (AvgIpc) is 2.15. The highest BCUT2D eigenvalue weighted by molar-refractivity contribution is 5.87. The van der Waals surface area contributed by atoms with Crippen molar-refractivity contribution in [1.29, 1.82) is 0 Å². The van der Waals surface area contributed by atoms with E-state index in [2.05, 4.69) is 6.92 Å². The van der Waals surface area contributed by atoms with Crippen molar-refractivity contribution in [2.75, 3.05) is 0 Å². The van der Waals surface area contributed by atoms with Crippen molar-refractivity contribution in [2.45, 2.75) is 51.9 Å². The predicted molar refractivity (Wildman–Crippen MR) is 52.7 cm³/mol. The minimum Gasteiger partial charge on any atom is -0.478 e. The fraction of sp³-hybridized carbons (Fsp3) is 0.727. The second kappa shape index (κ2) is 5.05. The third-order valence-electron chi connectivity index (χ3n) is 2.67. The molecule has 0 unspecified atom stereocenters. The van der Waals surface area contributed by atoms with Crippen LogP contribution in [0.2, 0.25) is 0 Å². The van der Waals surface area contributed by atoms with Crippen LogP contribution in [0.25, 0.3) is 0 Å². The molecule has 0 radical (unpaired) electrons. The van der Waals surface area contributed by atoms with Crippen molar-refractivity contribution in [2.24, 2.45) is 0 Å². The van der Waals surface area contributed by atoms with Crippen LogP contribution in [0.3, 0.4) is 0 Å². The van der Waals surface area contributed by atoms with Crippen LogP contribution in [-0.4, -0.2) is 11.1 Å². The van der Waals surface area contributed by atoms with Gasteiger partial charge in [0.15, 0.2) is 0 Å². The lowest BCUT2D eigenvalue weighted by molar-refractivity contribution is -0.133. The summed E-state index contributed by atoms with van der Waals surface area (Å²) in [6.07, 6.45) is 7.31. The molecule has 1 N–H and O–H groups in total. The van der Waals surface area contributed by atoms with E-state index in [1.54, 1.807) is 0 Å². The molecule has 0 bridgehead atoms. The summed E-state index contributed by atoms with van der Waals surface area (Å²) in [4.78, 5) is 10.9. The molecular formula is C11H18O2. The molecule has 0 heterocycles. The molecule has 2 heteroatoms. The van der Waals surface area contributed by atoms with Crippen molar-refractivity contribution in [3.63, 3.8) is 0 Å². The third kappa shape index (κ3) is 2.87. The maximum absolute atomic E-state index is 10.9. The number of hydrogen-bond acceptors (Lipinski definition) is 1. The zero-order chi connectivity index (χ0) is 9.68. The van der Waals surface area contributed by atoms with Crippen LogP contribution in [0.15, 0.2) is 11.1 Å². The van der Waals surface area contributed by atoms with Crippen LogP contribution in [0.4, 0.5) is 0 Å². The molecule has 2 nitrogen and oxygen atoms in total. The lowest BCUT2D eigenvalue weighted by atomic mass is 9.89. The van der Waals surface area contributed by atoms with Gasteiger partial charge in [-0.25, -0.2) is 4.79 Å². The van der Waals surface area contributed by atoms with Crippen LogP contribution < -0.4 is 0 Å². The molecule has 0 fully saturated rings. The predicted octanol–water partition coefficient (Wildman–Crippen LogP) is 3.13. The molecule has 74 valence electrons. The summed E-state index contributed by atoms with van der Waals surface area (Å²) < 4.78 is 0. The standard InChI is InChI=1S/C11H18O2/c1-2-3-6-9-7-4-5-8-10(9)11(12)13/h2-8H2,1H3,(H,12,13). The number of carboxylic acid groups (broad SMARTS) is 1. The number of carbonyl (C=O) groups is 1. The quantitative estimate of drug-likeness (QED) is 0.725. The summed E-state index contributed by atoms with van der Waals surface area (Å²) in [6, 6.07) is 0. The third-order valence-corrected chi connectivity index (χ3v) is 2.67. The van der Waals surface area contributed by atoms with Gasteiger partial charge in [-0.2, -0.15) is 0 Å². The molecule has 0 aromatic heterocycles. The van der Waals surface area contributed by atoms with Crippen LogP contribution in [0, 0.1) is 0 Å². The summed E-state index contributed by atoms with van der Waals surface area (Å²) in [5.41, 5.74) is 1.92. The molecular weight excluding hydrogens is 164 g/mol. The molecule has 0 saturated heterocycles. The van der Waals surface area contributed by atoms with Gasteiger partial charge in [0.25, 0.3) is 0 Å². The van der Waals surface area contributed by atoms with E-state index < -0.39 is 5.97 Å². The zero-order valence-corrected chi connectivity index (χ0v) is 8.31. The molecule has 13 heavy (non-hydrogen) atoms. The Balaban J connectivity index is 2.65. The van der Waals surface area contributed by atoms with Gasteiger partial charge in [-0.3, -0.25) is 0 Å². The lowest BCUT2D eigenvalue weighted by Crippen LogP contribution is -2.09. The highest BCUT2D eigenvalue weighted by Gasteiger charge is 2.17. The maximum atomic E-state index is 10.9. The van der Waals surface area contributed by atoms with Gasteiger partial charge in [0.1, 0.15) is 0 Å². The summed E-state index contributed by atoms with van der Waals surface area (Å²) in [5, 5.41) is 8.95. The first-order valence-corrected chi connectivity index (χ1v) is 5.20. The highest BCUT2D eigenvalue weighted by atomic mass is 16.4. The number of aliphatic carboxylic acids is 1. The number of unbranched alkanes of at least 4 members (excludes halogenated alkanes) is 1. The molecule has 1 rings (SSSR count). The average molecular weight is 182 g/mol. The van der Waals surface area contributed by atoms with E-state index in [1.165, 1.54) is 12.0 Å². The Morgan fingerprint density at radius 1 is 1.38 bits per heavy atom. The minimum atomic E-state index is -0.689. The van der Waals surface area contributed by atoms with Crippen molar-refractivity contribution in [1.82, 2.24) is 0 Å². The van der Waals surface area contributed by atoms with E-state index in [0.717, 1.165) is 38.5 Å². The van der Waals surface area contributed by atoms with Gasteiger partial charge in [0.05, 0.1) is 0 Å². The number of allylic oxidation sites excluding steroid dienone is 1. The van der Waals surface area contributed by atoms with E-state index >= 15 is 0 Å². The summed E-state index contributed by atoms with van der Waals surface area (Å²) >= 11 is 0. The zero-order valence-electron chi connectivity index (χ0n) is 8.31. The smallest absolute Gasteiger partial charge is 0.331 e. The molecule has 0 amide bonds. The van der Waals surface area contributed by atoms with E-state index in [0.29, 0.717) is 5.57 Å². The number of carboxylic acids is 1. The summed E-state index contributed by atoms with van der Waals surface area (Å²) in [7, 11) is 0. The molecule has 0 saturated carbocycles. The van der Waals surface area contributed by atoms with Crippen molar-refractivity contribution >= 4 is 5.97 Å². The van der Waals surface area contributed by atoms with E-state index in [-0.39, 0.29) is 0 Å². The van der Waals surface area contributed by atoms with Crippen molar-refractivity contribution in [3.8, 4) is 0 Å². The lowest BCUT2D eigenvalue weighted by Gasteiger charge is -2.17. The molecule has 0 aromatic rings. The molecule has 0 spiro atoms. The molecule has 1 aliphatic rings. The van der Waals surface area contributed by atoms with E-state index in [4.69, 9.17) is 5.11 Å². The van der Waals surface area contributed by atoms with Crippen LogP contribution in [0.1, 0.15) is 51.9 Å². The van der Waals surface area contributed by atoms with Gasteiger partial charge in [0, 0.05) is 5.57 Å². The fourth-order valence-electron chi connectivity index (χ4n) is 1.89. The number of rotatable bonds is 4. The van der Waals surface area contributed by atoms with Gasteiger partial charge in [-0.1, -0.05) is 18.9 Å². The Morgan fingerprint density at radius 2 is 2.08 bits per heavy atom. The Hall–Kier alpha value is -0.790. The fourth-order valence-corrected chi connectivity index (χ4v) is 1.89. The first-order chi connectivity index (χ1) is 6.25. The minimum absolute atomic E-state index is 0.689. The van der Waals surface area contributed by atoms with Gasteiger partial charge in [0.2, 0.25) is 0 Å². The van der Waals surface area contributed by atoms with Gasteiger partial charge in [-0.05, 0) is 38.5 Å². The van der Waals surface area contributed by atoms with E-state index in [9.17, 15) is 4.79 Å². The van der Waals surface area contributed by atoms with Crippen molar-refractivity contribution in [3.05, 3.63) is 11.1 Å². The van der Waals surface area contributed by atoms with Crippen molar-refractivity contribution < 1.29 is 9.90 Å². The van der Waals surface area contributed by atoms with Crippen LogP contribution >= 0.6 is 0 Å². The first kappa shape index (κ1) is 10.3. The van der Waals surface area contributed by atoms with Crippen LogP contribution in [0.5, 0.6) is 0 Å². The van der Waals surface area contributed by atoms with Gasteiger partial charge in [-0.15, -0.1) is 0 Å². The maximum Gasteiger partial charge on any atom is 0.331 e. The largest absolute Gasteiger partial charge is 0.478 e. The topological polar surface area (TPSA) is 37.3 Å². The first-order valence-electron chi connectivity index (χ1n) is 5.20. The van der Waals surface area contributed by atoms with Crippen LogP contribution in [-0.2, 0) is 4.79 Å². The molecule has 0 atom stereocenters. The van der Waals surface area contributed by atoms with E-state index in [1.807, 2.05) is 0 Å². The normalized spacial score (nSPS) is 17.6. The van der Waals surface area contributed by atoms with Gasteiger partial charge >= 0.3 is 5.97 Å².